The van der Waals surface area contributed by atoms with Crippen LogP contribution in [0.4, 0.5) is 0 Å². The van der Waals surface area contributed by atoms with Crippen molar-refractivity contribution in [2.45, 2.75) is 32.7 Å². The molecule has 0 bridgehead atoms. The molecule has 136 valence electrons. The highest BCUT2D eigenvalue weighted by molar-refractivity contribution is 5.92. The number of pyridine rings is 1. The van der Waals surface area contributed by atoms with Crippen LogP contribution in [0.3, 0.4) is 0 Å². The molecule has 2 saturated heterocycles. The molecule has 4 rings (SSSR count). The van der Waals surface area contributed by atoms with E-state index in [0.717, 1.165) is 24.9 Å². The molecule has 2 fully saturated rings. The second kappa shape index (κ2) is 6.55. The molecule has 2 aromatic rings. The van der Waals surface area contributed by atoms with Gasteiger partial charge in [-0.25, -0.2) is 0 Å². The van der Waals surface area contributed by atoms with Crippen LogP contribution in [0.15, 0.2) is 35.1 Å². The SMILES string of the molecule is Cc1cc(C(=O)N2CCC3(CC2)CC(=O)N(Cc2ccncc2)C3)no1. The molecule has 7 nitrogen and oxygen atoms in total. The first-order valence-electron chi connectivity index (χ1n) is 8.94. The van der Waals surface area contributed by atoms with Crippen molar-refractivity contribution in [1.29, 1.82) is 0 Å². The Balaban J connectivity index is 1.38. The van der Waals surface area contributed by atoms with Crippen LogP contribution in [0.1, 0.15) is 41.1 Å². The zero-order valence-corrected chi connectivity index (χ0v) is 14.9. The highest BCUT2D eigenvalue weighted by atomic mass is 16.5. The largest absolute Gasteiger partial charge is 0.361 e. The number of carbonyl (C=O) groups excluding carboxylic acids is 2. The van der Waals surface area contributed by atoms with Gasteiger partial charge < -0.3 is 14.3 Å². The predicted octanol–water partition coefficient (Wildman–Crippen LogP) is 2.03. The third-order valence-corrected chi connectivity index (χ3v) is 5.49. The van der Waals surface area contributed by atoms with E-state index in [4.69, 9.17) is 4.52 Å². The third kappa shape index (κ3) is 3.21. The maximum absolute atomic E-state index is 12.5. The van der Waals surface area contributed by atoms with E-state index < -0.39 is 0 Å². The van der Waals surface area contributed by atoms with Gasteiger partial charge in [-0.3, -0.25) is 14.6 Å². The highest BCUT2D eigenvalue weighted by Gasteiger charge is 2.45. The van der Waals surface area contributed by atoms with E-state index >= 15 is 0 Å². The molecule has 0 unspecified atom stereocenters. The average molecular weight is 354 g/mol. The summed E-state index contributed by atoms with van der Waals surface area (Å²) < 4.78 is 5.00. The van der Waals surface area contributed by atoms with Gasteiger partial charge in [-0.05, 0) is 37.5 Å². The van der Waals surface area contributed by atoms with Gasteiger partial charge in [0.25, 0.3) is 5.91 Å². The van der Waals surface area contributed by atoms with Gasteiger partial charge in [0.2, 0.25) is 5.91 Å². The summed E-state index contributed by atoms with van der Waals surface area (Å²) in [5.41, 5.74) is 1.44. The zero-order chi connectivity index (χ0) is 18.1. The lowest BCUT2D eigenvalue weighted by atomic mass is 9.77. The maximum Gasteiger partial charge on any atom is 0.276 e. The van der Waals surface area contributed by atoms with Gasteiger partial charge in [-0.1, -0.05) is 5.16 Å². The second-order valence-electron chi connectivity index (χ2n) is 7.40. The molecule has 2 aromatic heterocycles. The standard InChI is InChI=1S/C19H22N4O3/c1-14-10-16(21-26-14)18(25)22-8-4-19(5-9-22)11-17(24)23(13-19)12-15-2-6-20-7-3-15/h2-3,6-7,10H,4-5,8-9,11-13H2,1H3. The zero-order valence-electron chi connectivity index (χ0n) is 14.9. The lowest BCUT2D eigenvalue weighted by Gasteiger charge is -2.38. The second-order valence-corrected chi connectivity index (χ2v) is 7.40. The number of likely N-dealkylation sites (tertiary alicyclic amines) is 2. The van der Waals surface area contributed by atoms with Crippen molar-refractivity contribution >= 4 is 11.8 Å². The van der Waals surface area contributed by atoms with Crippen LogP contribution in [-0.4, -0.2) is 51.4 Å². The fourth-order valence-corrected chi connectivity index (χ4v) is 3.98. The van der Waals surface area contributed by atoms with Crippen LogP contribution in [0, 0.1) is 12.3 Å². The smallest absolute Gasteiger partial charge is 0.276 e. The van der Waals surface area contributed by atoms with E-state index in [1.165, 1.54) is 0 Å². The predicted molar refractivity (Wildman–Crippen MR) is 93.1 cm³/mol. The number of aryl methyl sites for hydroxylation is 1. The molecule has 1 spiro atoms. The lowest BCUT2D eigenvalue weighted by Crippen LogP contribution is -2.44. The van der Waals surface area contributed by atoms with E-state index in [9.17, 15) is 9.59 Å². The van der Waals surface area contributed by atoms with Crippen LogP contribution >= 0.6 is 0 Å². The number of aromatic nitrogens is 2. The molecule has 0 radical (unpaired) electrons. The maximum atomic E-state index is 12.5. The molecule has 0 atom stereocenters. The molecule has 2 aliphatic heterocycles. The summed E-state index contributed by atoms with van der Waals surface area (Å²) in [4.78, 5) is 32.8. The van der Waals surface area contributed by atoms with Crippen molar-refractivity contribution in [3.63, 3.8) is 0 Å². The summed E-state index contributed by atoms with van der Waals surface area (Å²) in [6.07, 6.45) is 5.76. The van der Waals surface area contributed by atoms with Gasteiger partial charge in [0.1, 0.15) is 5.76 Å². The Morgan fingerprint density at radius 1 is 1.27 bits per heavy atom. The van der Waals surface area contributed by atoms with Gasteiger partial charge in [0.15, 0.2) is 5.69 Å². The van der Waals surface area contributed by atoms with Crippen LogP contribution in [0.25, 0.3) is 0 Å². The van der Waals surface area contributed by atoms with Crippen molar-refractivity contribution in [3.8, 4) is 0 Å². The van der Waals surface area contributed by atoms with E-state index in [1.54, 1.807) is 25.4 Å². The Labute approximate surface area is 152 Å². The minimum Gasteiger partial charge on any atom is -0.361 e. The van der Waals surface area contributed by atoms with E-state index in [1.807, 2.05) is 21.9 Å². The molecule has 7 heteroatoms. The summed E-state index contributed by atoms with van der Waals surface area (Å²) in [5, 5.41) is 3.82. The molecule has 2 amide bonds. The Bertz CT molecular complexity index is 809. The van der Waals surface area contributed by atoms with E-state index in [-0.39, 0.29) is 17.2 Å². The summed E-state index contributed by atoms with van der Waals surface area (Å²) in [6, 6.07) is 5.56. The molecule has 4 heterocycles. The van der Waals surface area contributed by atoms with Crippen LogP contribution < -0.4 is 0 Å². The number of rotatable bonds is 3. The molecule has 0 saturated carbocycles. The number of nitrogens with zero attached hydrogens (tertiary/aromatic N) is 4. The molecule has 2 aliphatic rings. The van der Waals surface area contributed by atoms with Crippen LogP contribution in [0.2, 0.25) is 0 Å². The Morgan fingerprint density at radius 2 is 2.00 bits per heavy atom. The number of piperidine rings is 1. The third-order valence-electron chi connectivity index (χ3n) is 5.49. The van der Waals surface area contributed by atoms with Crippen molar-refractivity contribution in [1.82, 2.24) is 19.9 Å². The van der Waals surface area contributed by atoms with Gasteiger partial charge in [0, 0.05) is 56.5 Å². The van der Waals surface area contributed by atoms with E-state index in [2.05, 4.69) is 10.1 Å². The average Bonchev–Trinajstić information content (AvgIpc) is 3.20. The highest BCUT2D eigenvalue weighted by Crippen LogP contribution is 2.41. The summed E-state index contributed by atoms with van der Waals surface area (Å²) in [6.45, 7) is 4.47. The van der Waals surface area contributed by atoms with Crippen molar-refractivity contribution in [2.75, 3.05) is 19.6 Å². The Kier molecular flexibility index (Phi) is 4.22. The van der Waals surface area contributed by atoms with Crippen molar-refractivity contribution < 1.29 is 14.1 Å². The molecule has 26 heavy (non-hydrogen) atoms. The molecule has 0 aliphatic carbocycles. The minimum atomic E-state index is -0.0883. The molecular weight excluding hydrogens is 332 g/mol. The monoisotopic (exact) mass is 354 g/mol. The topological polar surface area (TPSA) is 79.5 Å². The van der Waals surface area contributed by atoms with E-state index in [0.29, 0.717) is 37.5 Å². The quantitative estimate of drug-likeness (QED) is 0.843. The first-order valence-corrected chi connectivity index (χ1v) is 8.94. The molecule has 0 aromatic carbocycles. The first kappa shape index (κ1) is 16.8. The number of hydrogen-bond acceptors (Lipinski definition) is 5. The van der Waals surface area contributed by atoms with Gasteiger partial charge in [0.05, 0.1) is 0 Å². The first-order chi connectivity index (χ1) is 12.5. The van der Waals surface area contributed by atoms with Crippen molar-refractivity contribution in [2.24, 2.45) is 5.41 Å². The summed E-state index contributed by atoms with van der Waals surface area (Å²) in [5.74, 6) is 0.748. The number of hydrogen-bond donors (Lipinski definition) is 0. The Morgan fingerprint density at radius 3 is 2.65 bits per heavy atom. The van der Waals surface area contributed by atoms with Crippen molar-refractivity contribution in [3.05, 3.63) is 47.6 Å². The number of carbonyl (C=O) groups is 2. The fourth-order valence-electron chi connectivity index (χ4n) is 3.98. The van der Waals surface area contributed by atoms with Gasteiger partial charge in [-0.15, -0.1) is 0 Å². The minimum absolute atomic E-state index is 0.0133. The van der Waals surface area contributed by atoms with Gasteiger partial charge in [-0.2, -0.15) is 0 Å². The molecular formula is C19H22N4O3. The summed E-state index contributed by atoms with van der Waals surface area (Å²) in [7, 11) is 0. The normalized spacial score (nSPS) is 19.3. The summed E-state index contributed by atoms with van der Waals surface area (Å²) >= 11 is 0. The van der Waals surface area contributed by atoms with Gasteiger partial charge >= 0.3 is 0 Å². The van der Waals surface area contributed by atoms with Crippen LogP contribution in [0.5, 0.6) is 0 Å². The molecule has 0 N–H and O–H groups in total. The fraction of sp³-hybridized carbons (Fsp3) is 0.474. The lowest BCUT2D eigenvalue weighted by molar-refractivity contribution is -0.128. The number of amides is 2. The van der Waals surface area contributed by atoms with Crippen LogP contribution in [-0.2, 0) is 11.3 Å². The Hall–Kier alpha value is -2.70.